The molecule has 1 aliphatic rings. The number of oxime groups is 1. The lowest BCUT2D eigenvalue weighted by Gasteiger charge is -2.26. The van der Waals surface area contributed by atoms with Crippen molar-refractivity contribution in [3.05, 3.63) is 35.4 Å². The monoisotopic (exact) mass is 297 g/mol. The fraction of sp³-hybridized carbons (Fsp3) is 0.385. The number of nitrogens with zero attached hydrogens (tertiary/aromatic N) is 1. The normalized spacial score (nSPS) is 18.1. The minimum atomic E-state index is -4.66. The highest BCUT2D eigenvalue weighted by molar-refractivity contribution is 7.87. The van der Waals surface area contributed by atoms with Crippen molar-refractivity contribution >= 4 is 21.6 Å². The van der Waals surface area contributed by atoms with E-state index in [2.05, 4.69) is 5.16 Å². The number of hydrogen-bond donors (Lipinski definition) is 1. The fourth-order valence-corrected chi connectivity index (χ4v) is 3.09. The molecule has 7 heteroatoms. The van der Waals surface area contributed by atoms with E-state index in [1.807, 2.05) is 0 Å². The van der Waals surface area contributed by atoms with Crippen LogP contribution in [0.25, 0.3) is 0 Å². The summed E-state index contributed by atoms with van der Waals surface area (Å²) in [6.07, 6.45) is 0.232. The Morgan fingerprint density at radius 3 is 2.55 bits per heavy atom. The van der Waals surface area contributed by atoms with Crippen molar-refractivity contribution in [2.45, 2.75) is 25.0 Å². The van der Waals surface area contributed by atoms with E-state index in [1.54, 1.807) is 25.1 Å². The molecule has 1 aromatic rings. The fourth-order valence-electron chi connectivity index (χ4n) is 2.23. The minimum absolute atomic E-state index is 0.0216. The molecule has 1 heterocycles. The summed E-state index contributed by atoms with van der Waals surface area (Å²) in [5.41, 5.74) is 0.857. The number of aryl methyl sites for hydroxylation is 1. The first-order valence-electron chi connectivity index (χ1n) is 6.05. The van der Waals surface area contributed by atoms with Gasteiger partial charge in [0.05, 0.1) is 0 Å². The molecule has 1 unspecified atom stereocenters. The molecule has 0 saturated heterocycles. The average molecular weight is 297 g/mol. The molecule has 2 rings (SSSR count). The maximum absolute atomic E-state index is 12.5. The van der Waals surface area contributed by atoms with Gasteiger partial charge in [-0.25, -0.2) is 0 Å². The number of carbonyl (C=O) groups excluding carboxylic acids is 1. The molecule has 1 aromatic carbocycles. The summed E-state index contributed by atoms with van der Waals surface area (Å²) in [6.45, 7) is 3.10. The molecular formula is C13H15NO5S. The van der Waals surface area contributed by atoms with Gasteiger partial charge in [0.25, 0.3) is 10.1 Å². The summed E-state index contributed by atoms with van der Waals surface area (Å²) in [6, 6.07) is 6.53. The lowest BCUT2D eigenvalue weighted by molar-refractivity contribution is -0.115. The first-order valence-corrected chi connectivity index (χ1v) is 7.49. The molecule has 0 aliphatic carbocycles. The van der Waals surface area contributed by atoms with Crippen LogP contribution in [0, 0.1) is 6.92 Å². The minimum Gasteiger partial charge on any atom is -0.395 e. The molecule has 108 valence electrons. The molecule has 1 N–H and O–H groups in total. The van der Waals surface area contributed by atoms with Gasteiger partial charge in [-0.1, -0.05) is 29.4 Å². The van der Waals surface area contributed by atoms with E-state index in [1.165, 1.54) is 13.0 Å². The lowest BCUT2D eigenvalue weighted by Crippen LogP contribution is -2.44. The number of rotatable bonds is 4. The van der Waals surface area contributed by atoms with Gasteiger partial charge in [0.1, 0.15) is 12.3 Å². The van der Waals surface area contributed by atoms with Gasteiger partial charge in [0.2, 0.25) is 5.78 Å². The highest BCUT2D eigenvalue weighted by Crippen LogP contribution is 2.34. The van der Waals surface area contributed by atoms with Crippen molar-refractivity contribution in [3.63, 3.8) is 0 Å². The summed E-state index contributed by atoms with van der Waals surface area (Å²) < 4.78 is 31.2. The van der Waals surface area contributed by atoms with Gasteiger partial charge < -0.3 is 4.84 Å². The third-order valence-electron chi connectivity index (χ3n) is 3.48. The molecule has 0 fully saturated rings. The SMILES string of the molecule is Cc1ccccc1C(C)(C(=O)C1=NOCC1)S(=O)(=O)O. The quantitative estimate of drug-likeness (QED) is 0.849. The Labute approximate surface area is 117 Å². The number of ketones is 1. The zero-order valence-corrected chi connectivity index (χ0v) is 12.0. The van der Waals surface area contributed by atoms with Gasteiger partial charge in [-0.05, 0) is 25.0 Å². The van der Waals surface area contributed by atoms with Crippen LogP contribution in [0.2, 0.25) is 0 Å². The summed E-state index contributed by atoms with van der Waals surface area (Å²) in [7, 11) is -4.66. The van der Waals surface area contributed by atoms with E-state index in [4.69, 9.17) is 4.84 Å². The van der Waals surface area contributed by atoms with Gasteiger partial charge in [-0.3, -0.25) is 9.35 Å². The van der Waals surface area contributed by atoms with Crippen LogP contribution in [0.5, 0.6) is 0 Å². The van der Waals surface area contributed by atoms with Crippen LogP contribution >= 0.6 is 0 Å². The molecule has 0 bridgehead atoms. The Bertz CT molecular complexity index is 680. The highest BCUT2D eigenvalue weighted by Gasteiger charge is 2.50. The van der Waals surface area contributed by atoms with E-state index >= 15 is 0 Å². The molecule has 6 nitrogen and oxygen atoms in total. The van der Waals surface area contributed by atoms with Crippen LogP contribution < -0.4 is 0 Å². The van der Waals surface area contributed by atoms with E-state index in [9.17, 15) is 17.8 Å². The first-order chi connectivity index (χ1) is 9.28. The zero-order valence-electron chi connectivity index (χ0n) is 11.2. The second kappa shape index (κ2) is 4.99. The Morgan fingerprint density at radius 2 is 2.05 bits per heavy atom. The highest BCUT2D eigenvalue weighted by atomic mass is 32.2. The Kier molecular flexibility index (Phi) is 3.66. The predicted molar refractivity (Wildman–Crippen MR) is 73.1 cm³/mol. The third kappa shape index (κ3) is 2.23. The standard InChI is InChI=1S/C13H15NO5S/c1-9-5-3-4-6-10(9)13(2,20(16,17)18)12(15)11-7-8-19-14-11/h3-6H,7-8H2,1-2H3,(H,16,17,18). The third-order valence-corrected chi connectivity index (χ3v) is 4.91. The summed E-state index contributed by atoms with van der Waals surface area (Å²) in [4.78, 5) is 17.3. The summed E-state index contributed by atoms with van der Waals surface area (Å²) in [5.74, 6) is -0.758. The molecule has 0 saturated carbocycles. The maximum Gasteiger partial charge on any atom is 0.282 e. The summed E-state index contributed by atoms with van der Waals surface area (Å²) in [5, 5.41) is 3.56. The second-order valence-electron chi connectivity index (χ2n) is 4.77. The van der Waals surface area contributed by atoms with Crippen LogP contribution in [-0.4, -0.2) is 31.1 Å². The number of carbonyl (C=O) groups is 1. The zero-order chi connectivity index (χ0) is 15.0. The van der Waals surface area contributed by atoms with Crippen molar-refractivity contribution in [3.8, 4) is 0 Å². The van der Waals surface area contributed by atoms with Gasteiger partial charge in [-0.15, -0.1) is 0 Å². The average Bonchev–Trinajstić information content (AvgIpc) is 2.90. The van der Waals surface area contributed by atoms with Gasteiger partial charge in [0, 0.05) is 6.42 Å². The van der Waals surface area contributed by atoms with Crippen molar-refractivity contribution in [2.24, 2.45) is 5.16 Å². The maximum atomic E-state index is 12.5. The molecular weight excluding hydrogens is 282 g/mol. The summed E-state index contributed by atoms with van der Waals surface area (Å²) >= 11 is 0. The van der Waals surface area contributed by atoms with Crippen molar-refractivity contribution < 1.29 is 22.6 Å². The van der Waals surface area contributed by atoms with Crippen LogP contribution in [-0.2, 0) is 24.5 Å². The van der Waals surface area contributed by atoms with Gasteiger partial charge >= 0.3 is 0 Å². The van der Waals surface area contributed by atoms with Crippen LogP contribution in [0.4, 0.5) is 0 Å². The van der Waals surface area contributed by atoms with E-state index in [-0.39, 0.29) is 24.3 Å². The molecule has 0 spiro atoms. The van der Waals surface area contributed by atoms with Crippen LogP contribution in [0.15, 0.2) is 29.4 Å². The Balaban J connectivity index is 2.64. The molecule has 1 atom stereocenters. The molecule has 0 amide bonds. The Hall–Kier alpha value is -1.73. The van der Waals surface area contributed by atoms with Crippen LogP contribution in [0.3, 0.4) is 0 Å². The lowest BCUT2D eigenvalue weighted by atomic mass is 9.89. The molecule has 1 aliphatic heterocycles. The second-order valence-corrected chi connectivity index (χ2v) is 6.54. The predicted octanol–water partition coefficient (Wildman–Crippen LogP) is 1.44. The van der Waals surface area contributed by atoms with E-state index in [0.717, 1.165) is 0 Å². The number of hydrogen-bond acceptors (Lipinski definition) is 5. The topological polar surface area (TPSA) is 93.0 Å². The smallest absolute Gasteiger partial charge is 0.282 e. The first kappa shape index (κ1) is 14.7. The Morgan fingerprint density at radius 1 is 1.40 bits per heavy atom. The number of benzene rings is 1. The molecule has 0 aromatic heterocycles. The van der Waals surface area contributed by atoms with E-state index < -0.39 is 20.6 Å². The van der Waals surface area contributed by atoms with E-state index in [0.29, 0.717) is 5.56 Å². The van der Waals surface area contributed by atoms with Crippen molar-refractivity contribution in [2.75, 3.05) is 6.61 Å². The molecule has 20 heavy (non-hydrogen) atoms. The van der Waals surface area contributed by atoms with Gasteiger partial charge in [0.15, 0.2) is 4.75 Å². The molecule has 0 radical (unpaired) electrons. The van der Waals surface area contributed by atoms with Gasteiger partial charge in [-0.2, -0.15) is 8.42 Å². The number of Topliss-reactive ketones (excluding diaryl/α,β-unsaturated/α-hetero) is 1. The van der Waals surface area contributed by atoms with Crippen LogP contribution in [0.1, 0.15) is 24.5 Å². The largest absolute Gasteiger partial charge is 0.395 e. The van der Waals surface area contributed by atoms with Crippen molar-refractivity contribution in [1.29, 1.82) is 0 Å². The van der Waals surface area contributed by atoms with Crippen molar-refractivity contribution in [1.82, 2.24) is 0 Å².